The number of aromatic nitrogens is 3. The smallest absolute Gasteiger partial charge is 0.320 e. The number of methoxy groups -OCH3 is 1. The monoisotopic (exact) mass is 283 g/mol. The molecule has 2 heterocycles. The van der Waals surface area contributed by atoms with E-state index in [1.807, 2.05) is 30.3 Å². The highest BCUT2D eigenvalue weighted by Gasteiger charge is 2.17. The summed E-state index contributed by atoms with van der Waals surface area (Å²) in [6, 6.07) is 13.1. The van der Waals surface area contributed by atoms with Gasteiger partial charge in [0.05, 0.1) is 7.11 Å². The van der Waals surface area contributed by atoms with E-state index in [9.17, 15) is 5.21 Å². The van der Waals surface area contributed by atoms with Gasteiger partial charge in [-0.25, -0.2) is 0 Å². The number of ether oxygens (including phenoxy) is 2. The number of fused-ring (bicyclic) bond motifs is 1. The van der Waals surface area contributed by atoms with Crippen LogP contribution in [0.4, 0.5) is 0 Å². The summed E-state index contributed by atoms with van der Waals surface area (Å²) in [6.45, 7) is 0.311. The molecule has 0 saturated heterocycles. The number of nitrogens with zero attached hydrogens (tertiary/aromatic N) is 3. The Hall–Kier alpha value is -2.89. The van der Waals surface area contributed by atoms with Crippen molar-refractivity contribution < 1.29 is 14.2 Å². The molecule has 0 saturated carbocycles. The lowest BCUT2D eigenvalue weighted by Gasteiger charge is -2.09. The summed E-state index contributed by atoms with van der Waals surface area (Å²) in [7, 11) is 1.47. The van der Waals surface area contributed by atoms with Crippen molar-refractivity contribution in [3.63, 3.8) is 0 Å². The van der Waals surface area contributed by atoms with E-state index in [2.05, 4.69) is 9.97 Å². The SMILES string of the molecule is COc1nc(OCc2ccccc2)c2c(ccc[n+]2[O-])n1. The molecule has 106 valence electrons. The Morgan fingerprint density at radius 1 is 1.10 bits per heavy atom. The molecule has 0 bridgehead atoms. The number of pyridine rings is 1. The molecule has 21 heavy (non-hydrogen) atoms. The molecule has 2 aromatic heterocycles. The zero-order valence-electron chi connectivity index (χ0n) is 11.4. The van der Waals surface area contributed by atoms with Crippen molar-refractivity contribution in [3.05, 3.63) is 59.4 Å². The third kappa shape index (κ3) is 2.69. The first kappa shape index (κ1) is 13.1. The Labute approximate surface area is 121 Å². The molecule has 0 amide bonds. The summed E-state index contributed by atoms with van der Waals surface area (Å²) in [6.07, 6.45) is 1.38. The number of hydrogen-bond donors (Lipinski definition) is 0. The van der Waals surface area contributed by atoms with Crippen LogP contribution in [0.2, 0.25) is 0 Å². The van der Waals surface area contributed by atoms with Gasteiger partial charge in [-0.15, -0.1) is 0 Å². The maximum absolute atomic E-state index is 11.9. The van der Waals surface area contributed by atoms with Crippen molar-refractivity contribution in [1.29, 1.82) is 0 Å². The zero-order chi connectivity index (χ0) is 14.7. The van der Waals surface area contributed by atoms with Gasteiger partial charge < -0.3 is 14.7 Å². The lowest BCUT2D eigenvalue weighted by molar-refractivity contribution is -0.577. The molecule has 0 radical (unpaired) electrons. The standard InChI is InChI=1S/C15H13N3O3/c1-20-15-16-12-8-5-9-18(19)13(12)14(17-15)21-10-11-6-3-2-4-7-11/h2-9H,10H2,1H3. The van der Waals surface area contributed by atoms with Crippen molar-refractivity contribution in [3.8, 4) is 11.9 Å². The Morgan fingerprint density at radius 3 is 2.67 bits per heavy atom. The van der Waals surface area contributed by atoms with Crippen molar-refractivity contribution in [2.45, 2.75) is 6.61 Å². The summed E-state index contributed by atoms with van der Waals surface area (Å²) < 4.78 is 11.4. The lowest BCUT2D eigenvalue weighted by atomic mass is 10.2. The van der Waals surface area contributed by atoms with E-state index in [4.69, 9.17) is 9.47 Å². The molecule has 0 fully saturated rings. The number of benzene rings is 1. The molecule has 0 aliphatic heterocycles. The largest absolute Gasteiger partial charge is 0.618 e. The molecule has 3 aromatic rings. The third-order valence-corrected chi connectivity index (χ3v) is 2.96. The van der Waals surface area contributed by atoms with Gasteiger partial charge in [0.1, 0.15) is 12.1 Å². The fraction of sp³-hybridized carbons (Fsp3) is 0.133. The van der Waals surface area contributed by atoms with Gasteiger partial charge in [-0.3, -0.25) is 0 Å². The second-order valence-electron chi connectivity index (χ2n) is 4.36. The van der Waals surface area contributed by atoms with Crippen molar-refractivity contribution in [2.24, 2.45) is 0 Å². The maximum Gasteiger partial charge on any atom is 0.320 e. The molecule has 0 N–H and O–H groups in total. The topological polar surface area (TPSA) is 71.2 Å². The predicted octanol–water partition coefficient (Wildman–Crippen LogP) is 1.85. The lowest BCUT2D eigenvalue weighted by Crippen LogP contribution is -2.27. The second kappa shape index (κ2) is 5.62. The van der Waals surface area contributed by atoms with E-state index < -0.39 is 0 Å². The molecular weight excluding hydrogens is 270 g/mol. The summed E-state index contributed by atoms with van der Waals surface area (Å²) in [5.74, 6) is 0.205. The third-order valence-electron chi connectivity index (χ3n) is 2.96. The molecule has 0 aliphatic carbocycles. The fourth-order valence-electron chi connectivity index (χ4n) is 1.96. The van der Waals surface area contributed by atoms with E-state index in [1.54, 1.807) is 12.1 Å². The van der Waals surface area contributed by atoms with Gasteiger partial charge in [-0.05, 0) is 11.6 Å². The normalized spacial score (nSPS) is 10.5. The molecule has 3 rings (SSSR count). The zero-order valence-corrected chi connectivity index (χ0v) is 11.4. The number of rotatable bonds is 4. The van der Waals surface area contributed by atoms with Crippen LogP contribution in [0.1, 0.15) is 5.56 Å². The van der Waals surface area contributed by atoms with Crippen molar-refractivity contribution >= 4 is 11.0 Å². The van der Waals surface area contributed by atoms with E-state index in [-0.39, 0.29) is 17.4 Å². The van der Waals surface area contributed by atoms with E-state index in [1.165, 1.54) is 13.3 Å². The van der Waals surface area contributed by atoms with Gasteiger partial charge in [0.15, 0.2) is 6.20 Å². The van der Waals surface area contributed by atoms with E-state index >= 15 is 0 Å². The predicted molar refractivity (Wildman–Crippen MR) is 75.8 cm³/mol. The quantitative estimate of drug-likeness (QED) is 0.540. The molecule has 0 spiro atoms. The van der Waals surface area contributed by atoms with Crippen molar-refractivity contribution in [2.75, 3.05) is 7.11 Å². The molecule has 6 nitrogen and oxygen atoms in total. The van der Waals surface area contributed by atoms with E-state index in [0.29, 0.717) is 16.9 Å². The van der Waals surface area contributed by atoms with Gasteiger partial charge in [0.25, 0.3) is 5.88 Å². The fourth-order valence-corrected chi connectivity index (χ4v) is 1.96. The Bertz CT molecular complexity index is 763. The van der Waals surface area contributed by atoms with Crippen LogP contribution in [-0.2, 0) is 6.61 Å². The first-order valence-corrected chi connectivity index (χ1v) is 6.38. The Balaban J connectivity index is 2.00. The second-order valence-corrected chi connectivity index (χ2v) is 4.36. The van der Waals surface area contributed by atoms with Crippen molar-refractivity contribution in [1.82, 2.24) is 9.97 Å². The Morgan fingerprint density at radius 2 is 1.90 bits per heavy atom. The van der Waals surface area contributed by atoms with Gasteiger partial charge in [0, 0.05) is 6.07 Å². The van der Waals surface area contributed by atoms with Crippen LogP contribution in [-0.4, -0.2) is 17.1 Å². The summed E-state index contributed by atoms with van der Waals surface area (Å²) in [5.41, 5.74) is 1.74. The maximum atomic E-state index is 11.9. The van der Waals surface area contributed by atoms with Crippen LogP contribution < -0.4 is 14.2 Å². The summed E-state index contributed by atoms with van der Waals surface area (Å²) in [5, 5.41) is 11.9. The Kier molecular flexibility index (Phi) is 3.51. The molecule has 6 heteroatoms. The minimum atomic E-state index is 0.164. The molecule has 0 atom stereocenters. The molecule has 1 aromatic carbocycles. The molecule has 0 aliphatic rings. The minimum absolute atomic E-state index is 0.164. The van der Waals surface area contributed by atoms with Gasteiger partial charge in [0.2, 0.25) is 0 Å². The summed E-state index contributed by atoms with van der Waals surface area (Å²) in [4.78, 5) is 8.25. The highest BCUT2D eigenvalue weighted by molar-refractivity contribution is 5.76. The average molecular weight is 283 g/mol. The first-order chi connectivity index (χ1) is 10.3. The van der Waals surface area contributed by atoms with Crippen LogP contribution in [0.25, 0.3) is 11.0 Å². The first-order valence-electron chi connectivity index (χ1n) is 6.38. The molecular formula is C15H13N3O3. The van der Waals surface area contributed by atoms with Crippen LogP contribution >= 0.6 is 0 Å². The van der Waals surface area contributed by atoms with Crippen LogP contribution in [0, 0.1) is 5.21 Å². The minimum Gasteiger partial charge on any atom is -0.618 e. The van der Waals surface area contributed by atoms with Gasteiger partial charge >= 0.3 is 11.5 Å². The van der Waals surface area contributed by atoms with Crippen LogP contribution in [0.3, 0.4) is 0 Å². The highest BCUT2D eigenvalue weighted by Crippen LogP contribution is 2.22. The molecule has 0 unspecified atom stereocenters. The average Bonchev–Trinajstić information content (AvgIpc) is 2.53. The van der Waals surface area contributed by atoms with E-state index in [0.717, 1.165) is 5.56 Å². The van der Waals surface area contributed by atoms with Gasteiger partial charge in [-0.1, -0.05) is 30.3 Å². The highest BCUT2D eigenvalue weighted by atomic mass is 16.5. The van der Waals surface area contributed by atoms with Gasteiger partial charge in [-0.2, -0.15) is 14.7 Å². The van der Waals surface area contributed by atoms with Crippen LogP contribution in [0.15, 0.2) is 48.7 Å². The summed E-state index contributed by atoms with van der Waals surface area (Å²) >= 11 is 0. The van der Waals surface area contributed by atoms with Crippen LogP contribution in [0.5, 0.6) is 11.9 Å². The number of hydrogen-bond acceptors (Lipinski definition) is 5.